The number of aromatic nitrogens is 1. The fourth-order valence-electron chi connectivity index (χ4n) is 3.59. The lowest BCUT2D eigenvalue weighted by Gasteiger charge is -2.23. The molecule has 1 fully saturated rings. The Bertz CT molecular complexity index is 1090. The minimum Gasteiger partial charge on any atom is -0.348 e. The van der Waals surface area contributed by atoms with Crippen molar-refractivity contribution in [2.24, 2.45) is 0 Å². The van der Waals surface area contributed by atoms with Crippen LogP contribution in [0.4, 0.5) is 5.13 Å². The zero-order valence-electron chi connectivity index (χ0n) is 16.3. The van der Waals surface area contributed by atoms with Crippen LogP contribution in [0.15, 0.2) is 47.1 Å². The third-order valence-electron chi connectivity index (χ3n) is 5.29. The lowest BCUT2D eigenvalue weighted by atomic mass is 9.95. The maximum absolute atomic E-state index is 12.8. The van der Waals surface area contributed by atoms with Gasteiger partial charge in [-0.2, -0.15) is 5.26 Å². The molecule has 0 spiro atoms. The van der Waals surface area contributed by atoms with Crippen molar-refractivity contribution in [3.63, 3.8) is 0 Å². The summed E-state index contributed by atoms with van der Waals surface area (Å²) in [6.45, 7) is 3.61. The third kappa shape index (κ3) is 3.36. The molecule has 1 aromatic heterocycles. The summed E-state index contributed by atoms with van der Waals surface area (Å²) in [5.74, 6) is -0.959. The van der Waals surface area contributed by atoms with Crippen molar-refractivity contribution in [3.05, 3.63) is 51.9 Å². The summed E-state index contributed by atoms with van der Waals surface area (Å²) < 4.78 is 0. The van der Waals surface area contributed by atoms with E-state index in [1.165, 1.54) is 18.4 Å². The maximum atomic E-state index is 12.8. The highest BCUT2D eigenvalue weighted by molar-refractivity contribution is 7.17. The first-order valence-corrected chi connectivity index (χ1v) is 10.3. The fraction of sp³-hybridized carbons (Fsp3) is 0.273. The van der Waals surface area contributed by atoms with Crippen molar-refractivity contribution < 1.29 is 9.59 Å². The van der Waals surface area contributed by atoms with Gasteiger partial charge < -0.3 is 4.90 Å². The first kappa shape index (κ1) is 19.1. The highest BCUT2D eigenvalue weighted by atomic mass is 32.1. The molecule has 0 aliphatic carbocycles. The summed E-state index contributed by atoms with van der Waals surface area (Å²) in [6.07, 6.45) is 4.07. The fourth-order valence-corrected chi connectivity index (χ4v) is 4.68. The number of thiazole rings is 1. The Balaban J connectivity index is 1.87. The maximum Gasteiger partial charge on any atom is 0.271 e. The van der Waals surface area contributed by atoms with Crippen LogP contribution in [0.3, 0.4) is 0 Å². The van der Waals surface area contributed by atoms with E-state index in [1.807, 2.05) is 36.4 Å². The molecule has 0 atom stereocenters. The van der Waals surface area contributed by atoms with E-state index in [9.17, 15) is 14.9 Å². The number of rotatable bonds is 3. The summed E-state index contributed by atoms with van der Waals surface area (Å²) in [5.41, 5.74) is 2.55. The Kier molecular flexibility index (Phi) is 5.03. The molecular weight excluding hydrogens is 384 g/mol. The number of nitriles is 1. The average Bonchev–Trinajstić information content (AvgIpc) is 3.41. The standard InChI is InChI=1S/C22H20N4O2S/c1-14-16(20(27)25(2)21(28)17(14)13-23)12-18-19(15-8-4-3-5-9-15)24-22(29-18)26-10-6-7-11-26/h3-5,8-9,12H,6-7,10-11H2,1-2H3/b16-12-. The topological polar surface area (TPSA) is 77.3 Å². The predicted molar refractivity (Wildman–Crippen MR) is 113 cm³/mol. The minimum absolute atomic E-state index is 0.00360. The number of amides is 2. The van der Waals surface area contributed by atoms with Crippen LogP contribution in [0.1, 0.15) is 24.6 Å². The number of benzene rings is 1. The lowest BCUT2D eigenvalue weighted by Crippen LogP contribution is -2.39. The molecule has 3 heterocycles. The quantitative estimate of drug-likeness (QED) is 0.577. The first-order valence-electron chi connectivity index (χ1n) is 9.48. The van der Waals surface area contributed by atoms with Gasteiger partial charge in [0.25, 0.3) is 11.8 Å². The van der Waals surface area contributed by atoms with Gasteiger partial charge in [-0.05, 0) is 31.4 Å². The molecule has 0 unspecified atom stereocenters. The van der Waals surface area contributed by atoms with Gasteiger partial charge in [-0.3, -0.25) is 14.5 Å². The molecule has 0 saturated carbocycles. The number of hydrogen-bond donors (Lipinski definition) is 0. The largest absolute Gasteiger partial charge is 0.348 e. The van der Waals surface area contributed by atoms with Crippen LogP contribution in [-0.4, -0.2) is 41.8 Å². The molecule has 6 nitrogen and oxygen atoms in total. The summed E-state index contributed by atoms with van der Waals surface area (Å²) in [4.78, 5) is 34.0. The molecule has 1 saturated heterocycles. The predicted octanol–water partition coefficient (Wildman–Crippen LogP) is 3.63. The van der Waals surface area contributed by atoms with Crippen LogP contribution in [0, 0.1) is 11.3 Å². The number of carbonyl (C=O) groups excluding carboxylic acids is 2. The van der Waals surface area contributed by atoms with Crippen LogP contribution in [0.25, 0.3) is 17.3 Å². The van der Waals surface area contributed by atoms with Crippen molar-refractivity contribution in [1.82, 2.24) is 9.88 Å². The second-order valence-electron chi connectivity index (χ2n) is 7.11. The molecule has 2 aliphatic rings. The Morgan fingerprint density at radius 3 is 2.48 bits per heavy atom. The van der Waals surface area contributed by atoms with Gasteiger partial charge in [0.2, 0.25) is 0 Å². The second kappa shape index (κ2) is 7.64. The summed E-state index contributed by atoms with van der Waals surface area (Å²) in [7, 11) is 1.41. The van der Waals surface area contributed by atoms with E-state index in [1.54, 1.807) is 13.0 Å². The van der Waals surface area contributed by atoms with E-state index in [4.69, 9.17) is 4.98 Å². The highest BCUT2D eigenvalue weighted by Gasteiger charge is 2.33. The van der Waals surface area contributed by atoms with Gasteiger partial charge in [0.15, 0.2) is 5.13 Å². The molecule has 146 valence electrons. The van der Waals surface area contributed by atoms with Crippen molar-refractivity contribution >= 4 is 34.4 Å². The summed E-state index contributed by atoms with van der Waals surface area (Å²) >= 11 is 1.54. The Labute approximate surface area is 173 Å². The van der Waals surface area contributed by atoms with E-state index < -0.39 is 11.8 Å². The van der Waals surface area contributed by atoms with Gasteiger partial charge >= 0.3 is 0 Å². The Morgan fingerprint density at radius 1 is 1.14 bits per heavy atom. The minimum atomic E-state index is -0.558. The van der Waals surface area contributed by atoms with E-state index in [0.29, 0.717) is 11.1 Å². The van der Waals surface area contributed by atoms with Crippen molar-refractivity contribution in [1.29, 1.82) is 5.26 Å². The van der Waals surface area contributed by atoms with Crippen LogP contribution in [0.2, 0.25) is 0 Å². The molecule has 7 heteroatoms. The number of likely N-dealkylation sites (N-methyl/N-ethyl adjacent to an activating group) is 1. The molecule has 4 rings (SSSR count). The van der Waals surface area contributed by atoms with Gasteiger partial charge in [0.05, 0.1) is 10.6 Å². The van der Waals surface area contributed by atoms with Crippen molar-refractivity contribution in [2.45, 2.75) is 19.8 Å². The van der Waals surface area contributed by atoms with E-state index in [0.717, 1.165) is 52.1 Å². The molecule has 2 amide bonds. The van der Waals surface area contributed by atoms with E-state index in [-0.39, 0.29) is 5.57 Å². The molecule has 0 bridgehead atoms. The van der Waals surface area contributed by atoms with Gasteiger partial charge in [-0.15, -0.1) is 0 Å². The molecule has 2 aliphatic heterocycles. The van der Waals surface area contributed by atoms with Gasteiger partial charge in [-0.25, -0.2) is 4.98 Å². The van der Waals surface area contributed by atoms with Crippen molar-refractivity contribution in [3.8, 4) is 17.3 Å². The van der Waals surface area contributed by atoms with E-state index >= 15 is 0 Å². The first-order chi connectivity index (χ1) is 14.0. The van der Waals surface area contributed by atoms with Crippen LogP contribution in [-0.2, 0) is 9.59 Å². The normalized spacial score (nSPS) is 18.7. The summed E-state index contributed by atoms with van der Waals surface area (Å²) in [5, 5.41) is 10.3. The Hall–Kier alpha value is -3.24. The van der Waals surface area contributed by atoms with Crippen LogP contribution >= 0.6 is 11.3 Å². The highest BCUT2D eigenvalue weighted by Crippen LogP contribution is 2.37. The van der Waals surface area contributed by atoms with Gasteiger partial charge in [0.1, 0.15) is 11.6 Å². The van der Waals surface area contributed by atoms with Gasteiger partial charge in [0, 0.05) is 31.3 Å². The molecule has 2 aromatic rings. The zero-order valence-corrected chi connectivity index (χ0v) is 17.1. The molecular formula is C22H20N4O2S. The number of nitrogens with zero attached hydrogens (tertiary/aromatic N) is 4. The smallest absolute Gasteiger partial charge is 0.271 e. The van der Waals surface area contributed by atoms with Crippen LogP contribution < -0.4 is 4.90 Å². The van der Waals surface area contributed by atoms with Crippen LogP contribution in [0.5, 0.6) is 0 Å². The third-order valence-corrected chi connectivity index (χ3v) is 6.35. The van der Waals surface area contributed by atoms with Gasteiger partial charge in [-0.1, -0.05) is 41.7 Å². The molecule has 0 radical (unpaired) electrons. The van der Waals surface area contributed by atoms with Crippen molar-refractivity contribution in [2.75, 3.05) is 25.0 Å². The number of hydrogen-bond acceptors (Lipinski definition) is 6. The monoisotopic (exact) mass is 404 g/mol. The zero-order chi connectivity index (χ0) is 20.5. The average molecular weight is 404 g/mol. The van der Waals surface area contributed by atoms with E-state index in [2.05, 4.69) is 4.90 Å². The SMILES string of the molecule is CC1=C(C#N)C(=O)N(C)C(=O)/C1=C\c1sc(N2CCCC2)nc1-c1ccccc1. The Morgan fingerprint density at radius 2 is 1.83 bits per heavy atom. The number of anilines is 1. The molecule has 29 heavy (non-hydrogen) atoms. The summed E-state index contributed by atoms with van der Waals surface area (Å²) in [6, 6.07) is 11.8. The number of carbonyl (C=O) groups is 2. The number of imide groups is 1. The lowest BCUT2D eigenvalue weighted by molar-refractivity contribution is -0.138. The molecule has 0 N–H and O–H groups in total. The second-order valence-corrected chi connectivity index (χ2v) is 8.12. The molecule has 1 aromatic carbocycles.